The van der Waals surface area contributed by atoms with Crippen LogP contribution >= 0.6 is 23.4 Å². The molecule has 0 aromatic heterocycles. The van der Waals surface area contributed by atoms with Crippen LogP contribution in [0.15, 0.2) is 23.1 Å². The van der Waals surface area contributed by atoms with Gasteiger partial charge < -0.3 is 0 Å². The van der Waals surface area contributed by atoms with Crippen molar-refractivity contribution in [3.63, 3.8) is 0 Å². The number of halogens is 2. The Bertz CT molecular complexity index is 460. The summed E-state index contributed by atoms with van der Waals surface area (Å²) in [5.74, 6) is 0.270. The van der Waals surface area contributed by atoms with Crippen LogP contribution in [0, 0.1) is 5.82 Å². The highest BCUT2D eigenvalue weighted by Crippen LogP contribution is 2.24. The smallest absolute Gasteiger partial charge is 0.150 e. The molecule has 1 aromatic rings. The summed E-state index contributed by atoms with van der Waals surface area (Å²) in [6, 6.07) is 4.36. The van der Waals surface area contributed by atoms with Crippen molar-refractivity contribution >= 4 is 33.2 Å². The molecule has 0 fully saturated rings. The Morgan fingerprint density at radius 2 is 2.12 bits per heavy atom. The molecule has 90 valence electrons. The summed E-state index contributed by atoms with van der Waals surface area (Å²) in [5, 5.41) is 0.0587. The molecule has 0 aliphatic rings. The van der Waals surface area contributed by atoms with Crippen LogP contribution in [0.1, 0.15) is 6.92 Å². The Balaban J connectivity index is 2.53. The van der Waals surface area contributed by atoms with Crippen LogP contribution < -0.4 is 0 Å². The largest absolute Gasteiger partial charge is 0.229 e. The second-order valence-corrected chi connectivity index (χ2v) is 7.21. The average molecular weight is 283 g/mol. The average Bonchev–Trinajstić information content (AvgIpc) is 2.23. The zero-order valence-electron chi connectivity index (χ0n) is 8.74. The summed E-state index contributed by atoms with van der Waals surface area (Å²) in [5.41, 5.74) is 0. The minimum atomic E-state index is -2.94. The van der Waals surface area contributed by atoms with Crippen molar-refractivity contribution in [3.8, 4) is 0 Å². The van der Waals surface area contributed by atoms with Gasteiger partial charge in [0.25, 0.3) is 0 Å². The molecule has 0 aliphatic heterocycles. The number of thioether (sulfide) groups is 1. The third-order valence-corrected chi connectivity index (χ3v) is 5.24. The molecule has 0 heterocycles. The fourth-order valence-electron chi connectivity index (χ4n) is 0.997. The van der Waals surface area contributed by atoms with Gasteiger partial charge in [0, 0.05) is 16.4 Å². The first-order valence-electron chi connectivity index (χ1n) is 4.73. The third-order valence-electron chi connectivity index (χ3n) is 1.99. The number of benzene rings is 1. The van der Waals surface area contributed by atoms with Gasteiger partial charge in [-0.1, -0.05) is 18.5 Å². The SMILES string of the molecule is CCS(=O)(=O)CCSc1ccc(F)c(Cl)c1. The van der Waals surface area contributed by atoms with Gasteiger partial charge in [0.15, 0.2) is 9.84 Å². The molecule has 2 nitrogen and oxygen atoms in total. The molecule has 6 heteroatoms. The molecule has 0 atom stereocenters. The molecule has 0 unspecified atom stereocenters. The maximum Gasteiger partial charge on any atom is 0.150 e. The van der Waals surface area contributed by atoms with Crippen molar-refractivity contribution in [2.45, 2.75) is 11.8 Å². The molecule has 0 amide bonds. The predicted octanol–water partition coefficient (Wildman–Crippen LogP) is 3.01. The lowest BCUT2D eigenvalue weighted by atomic mass is 10.3. The maximum atomic E-state index is 12.8. The van der Waals surface area contributed by atoms with Gasteiger partial charge in [-0.2, -0.15) is 0 Å². The standard InChI is InChI=1S/C10H12ClFO2S2/c1-2-16(13,14)6-5-15-8-3-4-10(12)9(11)7-8/h3-4,7H,2,5-6H2,1H3. The summed E-state index contributed by atoms with van der Waals surface area (Å²) in [4.78, 5) is 0.776. The maximum absolute atomic E-state index is 12.8. The minimum absolute atomic E-state index is 0.0587. The molecular formula is C10H12ClFO2S2. The molecule has 0 aliphatic carbocycles. The van der Waals surface area contributed by atoms with Gasteiger partial charge in [-0.3, -0.25) is 0 Å². The van der Waals surface area contributed by atoms with Gasteiger partial charge in [-0.05, 0) is 18.2 Å². The number of hydrogen-bond acceptors (Lipinski definition) is 3. The second-order valence-electron chi connectivity index (χ2n) is 3.16. The summed E-state index contributed by atoms with van der Waals surface area (Å²) in [6.45, 7) is 1.62. The topological polar surface area (TPSA) is 34.1 Å². The van der Waals surface area contributed by atoms with E-state index in [4.69, 9.17) is 11.6 Å². The van der Waals surface area contributed by atoms with Crippen molar-refractivity contribution in [1.82, 2.24) is 0 Å². The molecule has 0 saturated heterocycles. The monoisotopic (exact) mass is 282 g/mol. The quantitative estimate of drug-likeness (QED) is 0.779. The highest BCUT2D eigenvalue weighted by atomic mass is 35.5. The lowest BCUT2D eigenvalue weighted by molar-refractivity contribution is 0.598. The minimum Gasteiger partial charge on any atom is -0.229 e. The Hall–Kier alpha value is -0.260. The fraction of sp³-hybridized carbons (Fsp3) is 0.400. The highest BCUT2D eigenvalue weighted by molar-refractivity contribution is 8.00. The number of hydrogen-bond donors (Lipinski definition) is 0. The van der Waals surface area contributed by atoms with E-state index >= 15 is 0 Å². The molecule has 16 heavy (non-hydrogen) atoms. The Morgan fingerprint density at radius 3 is 2.69 bits per heavy atom. The first-order chi connectivity index (χ1) is 7.44. The first-order valence-corrected chi connectivity index (χ1v) is 7.91. The van der Waals surface area contributed by atoms with Crippen molar-refractivity contribution in [3.05, 3.63) is 29.0 Å². The van der Waals surface area contributed by atoms with Gasteiger partial charge in [0.1, 0.15) is 5.82 Å². The van der Waals surface area contributed by atoms with Crippen molar-refractivity contribution in [2.24, 2.45) is 0 Å². The van der Waals surface area contributed by atoms with E-state index < -0.39 is 15.7 Å². The predicted molar refractivity (Wildman–Crippen MR) is 66.5 cm³/mol. The highest BCUT2D eigenvalue weighted by Gasteiger charge is 2.07. The Labute approximate surface area is 104 Å². The first kappa shape index (κ1) is 13.8. The van der Waals surface area contributed by atoms with E-state index in [0.29, 0.717) is 5.75 Å². The van der Waals surface area contributed by atoms with Crippen LogP contribution in [0.25, 0.3) is 0 Å². The van der Waals surface area contributed by atoms with Crippen molar-refractivity contribution < 1.29 is 12.8 Å². The lowest BCUT2D eigenvalue weighted by Crippen LogP contribution is -2.10. The van der Waals surface area contributed by atoms with Gasteiger partial charge in [0.05, 0.1) is 10.8 Å². The molecule has 1 rings (SSSR count). The van der Waals surface area contributed by atoms with Gasteiger partial charge >= 0.3 is 0 Å². The molecule has 0 N–H and O–H groups in total. The van der Waals surface area contributed by atoms with E-state index in [-0.39, 0.29) is 16.5 Å². The Kier molecular flexibility index (Phi) is 5.08. The summed E-state index contributed by atoms with van der Waals surface area (Å²) in [6.07, 6.45) is 0. The van der Waals surface area contributed by atoms with Crippen molar-refractivity contribution in [2.75, 3.05) is 17.3 Å². The number of rotatable bonds is 5. The van der Waals surface area contributed by atoms with Crippen LogP contribution in [0.3, 0.4) is 0 Å². The van der Waals surface area contributed by atoms with Gasteiger partial charge in [-0.25, -0.2) is 12.8 Å². The molecule has 0 saturated carbocycles. The van der Waals surface area contributed by atoms with Crippen LogP contribution in [0.4, 0.5) is 4.39 Å². The number of sulfone groups is 1. The van der Waals surface area contributed by atoms with E-state index in [1.165, 1.54) is 23.9 Å². The lowest BCUT2D eigenvalue weighted by Gasteiger charge is -2.03. The van der Waals surface area contributed by atoms with Gasteiger partial charge in [-0.15, -0.1) is 11.8 Å². The molecular weight excluding hydrogens is 271 g/mol. The summed E-state index contributed by atoms with van der Waals surface area (Å²) in [7, 11) is -2.94. The Morgan fingerprint density at radius 1 is 1.44 bits per heavy atom. The molecule has 0 spiro atoms. The van der Waals surface area contributed by atoms with Crippen LogP contribution in [0.5, 0.6) is 0 Å². The molecule has 0 bridgehead atoms. The van der Waals surface area contributed by atoms with E-state index in [1.807, 2.05) is 0 Å². The van der Waals surface area contributed by atoms with E-state index in [0.717, 1.165) is 4.90 Å². The van der Waals surface area contributed by atoms with Crippen LogP contribution in [0.2, 0.25) is 5.02 Å². The normalized spacial score (nSPS) is 11.7. The second kappa shape index (κ2) is 5.89. The fourth-order valence-corrected chi connectivity index (χ4v) is 3.48. The summed E-state index contributed by atoms with van der Waals surface area (Å²) >= 11 is 6.96. The van der Waals surface area contributed by atoms with Gasteiger partial charge in [0.2, 0.25) is 0 Å². The third kappa shape index (κ3) is 4.31. The van der Waals surface area contributed by atoms with Crippen LogP contribution in [-0.4, -0.2) is 25.7 Å². The van der Waals surface area contributed by atoms with E-state index in [2.05, 4.69) is 0 Å². The van der Waals surface area contributed by atoms with Crippen molar-refractivity contribution in [1.29, 1.82) is 0 Å². The van der Waals surface area contributed by atoms with Crippen LogP contribution in [-0.2, 0) is 9.84 Å². The zero-order chi connectivity index (χ0) is 12.2. The zero-order valence-corrected chi connectivity index (χ0v) is 11.1. The molecule has 1 aromatic carbocycles. The summed E-state index contributed by atoms with van der Waals surface area (Å²) < 4.78 is 35.2. The van der Waals surface area contributed by atoms with E-state index in [9.17, 15) is 12.8 Å². The van der Waals surface area contributed by atoms with E-state index in [1.54, 1.807) is 13.0 Å². The molecule has 0 radical (unpaired) electrons.